The van der Waals surface area contributed by atoms with E-state index < -0.39 is 28.5 Å². The molecule has 0 aliphatic carbocycles. The number of carbonyl (C=O) groups is 2. The number of hydrogen-bond acceptors (Lipinski definition) is 6. The van der Waals surface area contributed by atoms with Gasteiger partial charge in [0.05, 0.1) is 16.1 Å². The first-order chi connectivity index (χ1) is 13.9. The van der Waals surface area contributed by atoms with Gasteiger partial charge in [-0.15, -0.1) is 11.8 Å². The molecular formula is C20H22N2O5S2. The van der Waals surface area contributed by atoms with E-state index in [0.717, 1.165) is 17.7 Å². The summed E-state index contributed by atoms with van der Waals surface area (Å²) in [6.45, 7) is 0.494. The van der Waals surface area contributed by atoms with Crippen molar-refractivity contribution in [3.63, 3.8) is 0 Å². The lowest BCUT2D eigenvalue weighted by atomic mass is 10.2. The van der Waals surface area contributed by atoms with Crippen LogP contribution < -0.4 is 5.32 Å². The van der Waals surface area contributed by atoms with Crippen molar-refractivity contribution in [2.75, 3.05) is 31.3 Å². The number of carbonyl (C=O) groups excluding carboxylic acids is 2. The minimum Gasteiger partial charge on any atom is -0.452 e. The normalized spacial score (nSPS) is 14.5. The van der Waals surface area contributed by atoms with Crippen LogP contribution in [0.4, 0.5) is 5.69 Å². The van der Waals surface area contributed by atoms with Crippen LogP contribution in [0, 0.1) is 0 Å². The molecule has 0 radical (unpaired) electrons. The fourth-order valence-corrected chi connectivity index (χ4v) is 5.13. The van der Waals surface area contributed by atoms with E-state index in [1.165, 1.54) is 40.3 Å². The summed E-state index contributed by atoms with van der Waals surface area (Å²) in [6, 6.07) is 13.0. The molecule has 0 unspecified atom stereocenters. The van der Waals surface area contributed by atoms with E-state index in [-0.39, 0.29) is 10.5 Å². The summed E-state index contributed by atoms with van der Waals surface area (Å²) >= 11 is 1.49. The monoisotopic (exact) mass is 434 g/mol. The highest BCUT2D eigenvalue weighted by atomic mass is 32.2. The second-order valence-electron chi connectivity index (χ2n) is 6.46. The van der Waals surface area contributed by atoms with Crippen LogP contribution in [0.3, 0.4) is 0 Å². The van der Waals surface area contributed by atoms with Crippen molar-refractivity contribution in [3.05, 3.63) is 54.1 Å². The summed E-state index contributed by atoms with van der Waals surface area (Å²) in [5.41, 5.74) is 0.724. The van der Waals surface area contributed by atoms with Crippen molar-refractivity contribution in [3.8, 4) is 0 Å². The molecule has 1 amide bonds. The maximum Gasteiger partial charge on any atom is 0.338 e. The number of anilines is 1. The zero-order chi connectivity index (χ0) is 20.9. The van der Waals surface area contributed by atoms with E-state index in [2.05, 4.69) is 5.32 Å². The Hall–Kier alpha value is -2.36. The lowest BCUT2D eigenvalue weighted by Gasteiger charge is -2.15. The van der Waals surface area contributed by atoms with Crippen molar-refractivity contribution in [2.24, 2.45) is 0 Å². The number of rotatable bonds is 7. The van der Waals surface area contributed by atoms with Crippen LogP contribution >= 0.6 is 11.8 Å². The molecule has 0 bridgehead atoms. The number of nitrogens with one attached hydrogen (secondary N) is 1. The average Bonchev–Trinajstić information content (AvgIpc) is 3.28. The van der Waals surface area contributed by atoms with Crippen LogP contribution in [0.1, 0.15) is 23.2 Å². The zero-order valence-corrected chi connectivity index (χ0v) is 17.6. The molecule has 0 atom stereocenters. The first-order valence-electron chi connectivity index (χ1n) is 9.12. The number of benzene rings is 2. The van der Waals surface area contributed by atoms with Gasteiger partial charge in [0.15, 0.2) is 6.61 Å². The highest BCUT2D eigenvalue weighted by molar-refractivity contribution is 7.98. The predicted octanol–water partition coefficient (Wildman–Crippen LogP) is 2.99. The van der Waals surface area contributed by atoms with Gasteiger partial charge in [-0.2, -0.15) is 4.31 Å². The average molecular weight is 435 g/mol. The second-order valence-corrected chi connectivity index (χ2v) is 9.25. The van der Waals surface area contributed by atoms with Crippen LogP contribution in [0.5, 0.6) is 0 Å². The third-order valence-corrected chi connectivity index (χ3v) is 7.18. The van der Waals surface area contributed by atoms with Crippen molar-refractivity contribution in [2.45, 2.75) is 22.6 Å². The molecule has 1 heterocycles. The molecule has 0 spiro atoms. The highest BCUT2D eigenvalue weighted by Crippen LogP contribution is 2.24. The third kappa shape index (κ3) is 5.17. The molecule has 1 fully saturated rings. The number of amides is 1. The summed E-state index contributed by atoms with van der Waals surface area (Å²) in [7, 11) is -3.63. The predicted molar refractivity (Wildman–Crippen MR) is 112 cm³/mol. The number of sulfonamides is 1. The Morgan fingerprint density at radius 2 is 1.83 bits per heavy atom. The molecule has 1 N–H and O–H groups in total. The van der Waals surface area contributed by atoms with Gasteiger partial charge in [-0.3, -0.25) is 4.79 Å². The molecule has 3 rings (SSSR count). The standard InChI is InChI=1S/C20H22N2O5S2/c1-28-18-10-3-2-9-17(18)21-19(23)14-27-20(24)15-7-6-8-16(13-15)29(25,26)22-11-4-5-12-22/h2-3,6-10,13H,4-5,11-12,14H2,1H3,(H,21,23). The van der Waals surface area contributed by atoms with E-state index in [9.17, 15) is 18.0 Å². The molecule has 0 saturated carbocycles. The van der Waals surface area contributed by atoms with Gasteiger partial charge in [0.1, 0.15) is 0 Å². The van der Waals surface area contributed by atoms with Crippen molar-refractivity contribution in [1.82, 2.24) is 4.31 Å². The Morgan fingerprint density at radius 1 is 1.10 bits per heavy atom. The second kappa shape index (κ2) is 9.43. The number of nitrogens with zero attached hydrogens (tertiary/aromatic N) is 1. The smallest absolute Gasteiger partial charge is 0.338 e. The maximum absolute atomic E-state index is 12.6. The summed E-state index contributed by atoms with van der Waals surface area (Å²) in [6.07, 6.45) is 3.56. The molecule has 2 aromatic rings. The molecule has 1 saturated heterocycles. The topological polar surface area (TPSA) is 92.8 Å². The molecule has 1 aliphatic heterocycles. The Kier molecular flexibility index (Phi) is 6.94. The van der Waals surface area contributed by atoms with Gasteiger partial charge < -0.3 is 10.1 Å². The number of thioether (sulfide) groups is 1. The lowest BCUT2D eigenvalue weighted by molar-refractivity contribution is -0.119. The first-order valence-corrected chi connectivity index (χ1v) is 11.8. The Morgan fingerprint density at radius 3 is 2.55 bits per heavy atom. The fraction of sp³-hybridized carbons (Fsp3) is 0.300. The van der Waals surface area contributed by atoms with Crippen molar-refractivity contribution < 1.29 is 22.7 Å². The number of hydrogen-bond donors (Lipinski definition) is 1. The van der Waals surface area contributed by atoms with E-state index in [1.807, 2.05) is 18.4 Å². The van der Waals surface area contributed by atoms with Gasteiger partial charge in [-0.05, 0) is 49.4 Å². The molecule has 0 aromatic heterocycles. The highest BCUT2D eigenvalue weighted by Gasteiger charge is 2.27. The van der Waals surface area contributed by atoms with E-state index in [1.54, 1.807) is 12.1 Å². The quantitative estimate of drug-likeness (QED) is 0.532. The molecular weight excluding hydrogens is 412 g/mol. The molecule has 29 heavy (non-hydrogen) atoms. The number of esters is 1. The minimum absolute atomic E-state index is 0.0483. The van der Waals surface area contributed by atoms with Crippen LogP contribution in [0.25, 0.3) is 0 Å². The van der Waals surface area contributed by atoms with Crippen LogP contribution in [0.15, 0.2) is 58.3 Å². The molecule has 1 aliphatic rings. The van der Waals surface area contributed by atoms with Gasteiger partial charge >= 0.3 is 5.97 Å². The van der Waals surface area contributed by atoms with E-state index in [4.69, 9.17) is 4.74 Å². The lowest BCUT2D eigenvalue weighted by Crippen LogP contribution is -2.28. The van der Waals surface area contributed by atoms with E-state index >= 15 is 0 Å². The Labute approximate surface area is 174 Å². The van der Waals surface area contributed by atoms with E-state index in [0.29, 0.717) is 18.8 Å². The SMILES string of the molecule is CSc1ccccc1NC(=O)COC(=O)c1cccc(S(=O)(=O)N2CCCC2)c1. The summed E-state index contributed by atoms with van der Waals surface area (Å²) in [4.78, 5) is 25.4. The zero-order valence-electron chi connectivity index (χ0n) is 16.0. The van der Waals surface area contributed by atoms with Gasteiger partial charge in [0.25, 0.3) is 5.91 Å². The molecule has 154 valence electrons. The van der Waals surface area contributed by atoms with Crippen LogP contribution in [-0.2, 0) is 19.6 Å². The van der Waals surface area contributed by atoms with Gasteiger partial charge in [-0.25, -0.2) is 13.2 Å². The summed E-state index contributed by atoms with van der Waals surface area (Å²) < 4.78 is 31.8. The minimum atomic E-state index is -3.63. The number of ether oxygens (including phenoxy) is 1. The molecule has 9 heteroatoms. The van der Waals surface area contributed by atoms with Gasteiger partial charge in [0.2, 0.25) is 10.0 Å². The third-order valence-electron chi connectivity index (χ3n) is 4.49. The van der Waals surface area contributed by atoms with Crippen molar-refractivity contribution in [1.29, 1.82) is 0 Å². The first kappa shape index (κ1) is 21.4. The Balaban J connectivity index is 1.63. The maximum atomic E-state index is 12.6. The largest absolute Gasteiger partial charge is 0.452 e. The molecule has 7 nitrogen and oxygen atoms in total. The summed E-state index contributed by atoms with van der Waals surface area (Å²) in [5, 5.41) is 2.70. The van der Waals surface area contributed by atoms with Gasteiger partial charge in [0, 0.05) is 18.0 Å². The number of para-hydroxylation sites is 1. The van der Waals surface area contributed by atoms with Crippen LogP contribution in [-0.4, -0.2) is 50.6 Å². The Bertz CT molecular complexity index is 1000. The summed E-state index contributed by atoms with van der Waals surface area (Å²) in [5.74, 6) is -1.22. The molecule has 2 aromatic carbocycles. The van der Waals surface area contributed by atoms with Crippen molar-refractivity contribution >= 4 is 39.3 Å². The fourth-order valence-electron chi connectivity index (χ4n) is 3.01. The van der Waals surface area contributed by atoms with Gasteiger partial charge in [-0.1, -0.05) is 18.2 Å². The van der Waals surface area contributed by atoms with Crippen LogP contribution in [0.2, 0.25) is 0 Å².